The highest BCUT2D eigenvalue weighted by atomic mass is 16.3. The normalized spacial score (nSPS) is 26.4. The van der Waals surface area contributed by atoms with E-state index in [0.717, 1.165) is 23.9 Å². The highest BCUT2D eigenvalue weighted by molar-refractivity contribution is 5.14. The third-order valence-electron chi connectivity index (χ3n) is 4.70. The molecule has 20 heavy (non-hydrogen) atoms. The van der Waals surface area contributed by atoms with Crippen LogP contribution in [0.5, 0.6) is 0 Å². The van der Waals surface area contributed by atoms with Crippen LogP contribution < -0.4 is 5.32 Å². The molecule has 0 amide bonds. The number of aliphatic hydroxyl groups is 1. The fourth-order valence-corrected chi connectivity index (χ4v) is 3.28. The van der Waals surface area contributed by atoms with E-state index >= 15 is 0 Å². The first-order valence-electron chi connectivity index (χ1n) is 7.93. The van der Waals surface area contributed by atoms with E-state index in [1.807, 2.05) is 20.2 Å². The minimum atomic E-state index is -0.840. The van der Waals surface area contributed by atoms with E-state index in [9.17, 15) is 5.11 Å². The molecule has 2 N–H and O–H groups in total. The molecule has 4 heteroatoms. The Kier molecular flexibility index (Phi) is 5.22. The Bertz CT molecular complexity index is 414. The van der Waals surface area contributed by atoms with Crippen molar-refractivity contribution in [1.82, 2.24) is 15.1 Å². The zero-order chi connectivity index (χ0) is 14.6. The summed E-state index contributed by atoms with van der Waals surface area (Å²) in [7, 11) is 1.87. The Morgan fingerprint density at radius 2 is 2.20 bits per heavy atom. The Hall–Kier alpha value is -0.870. The fraction of sp³-hybridized carbons (Fsp3) is 0.812. The smallest absolute Gasteiger partial charge is 0.102 e. The van der Waals surface area contributed by atoms with Gasteiger partial charge in [0.2, 0.25) is 0 Å². The first-order valence-corrected chi connectivity index (χ1v) is 7.93. The highest BCUT2D eigenvalue weighted by Crippen LogP contribution is 2.30. The lowest BCUT2D eigenvalue weighted by atomic mass is 9.80. The van der Waals surface area contributed by atoms with Crippen molar-refractivity contribution in [3.05, 3.63) is 18.0 Å². The molecule has 1 aliphatic carbocycles. The number of aryl methyl sites for hydroxylation is 1. The molecule has 2 rings (SSSR count). The predicted octanol–water partition coefficient (Wildman–Crippen LogP) is 2.43. The molecular formula is C16H29N3O. The molecule has 0 spiro atoms. The van der Waals surface area contributed by atoms with Crippen LogP contribution in [0.2, 0.25) is 0 Å². The summed E-state index contributed by atoms with van der Waals surface area (Å²) in [5.41, 5.74) is 0.0372. The van der Waals surface area contributed by atoms with Crippen molar-refractivity contribution < 1.29 is 5.11 Å². The van der Waals surface area contributed by atoms with E-state index in [1.165, 1.54) is 32.1 Å². The van der Waals surface area contributed by atoms with E-state index in [4.69, 9.17) is 0 Å². The quantitative estimate of drug-likeness (QED) is 0.841. The van der Waals surface area contributed by atoms with Crippen LogP contribution in [0.3, 0.4) is 0 Å². The zero-order valence-corrected chi connectivity index (χ0v) is 13.1. The largest absolute Gasteiger partial charge is 0.384 e. The van der Waals surface area contributed by atoms with Crippen molar-refractivity contribution in [2.45, 2.75) is 51.6 Å². The van der Waals surface area contributed by atoms with Crippen LogP contribution >= 0.6 is 0 Å². The van der Waals surface area contributed by atoms with Crippen LogP contribution in [0.25, 0.3) is 0 Å². The molecule has 0 unspecified atom stereocenters. The average molecular weight is 279 g/mol. The van der Waals surface area contributed by atoms with E-state index in [2.05, 4.69) is 17.3 Å². The number of aromatic nitrogens is 2. The molecule has 1 aliphatic rings. The summed E-state index contributed by atoms with van der Waals surface area (Å²) in [4.78, 5) is 0. The third-order valence-corrected chi connectivity index (χ3v) is 4.70. The topological polar surface area (TPSA) is 50.1 Å². The van der Waals surface area contributed by atoms with E-state index < -0.39 is 5.60 Å². The molecule has 1 heterocycles. The fourth-order valence-electron chi connectivity index (χ4n) is 3.28. The van der Waals surface area contributed by atoms with Gasteiger partial charge in [0, 0.05) is 25.4 Å². The van der Waals surface area contributed by atoms with Crippen LogP contribution in [0.15, 0.2) is 12.4 Å². The summed E-state index contributed by atoms with van der Waals surface area (Å²) in [5, 5.41) is 18.1. The molecule has 4 nitrogen and oxygen atoms in total. The number of hydrogen-bond acceptors (Lipinski definition) is 3. The number of nitrogens with one attached hydrogen (secondary N) is 1. The van der Waals surface area contributed by atoms with Gasteiger partial charge in [-0.1, -0.05) is 26.2 Å². The van der Waals surface area contributed by atoms with E-state index in [0.29, 0.717) is 6.54 Å². The minimum Gasteiger partial charge on any atom is -0.384 e. The van der Waals surface area contributed by atoms with Gasteiger partial charge in [0.05, 0.1) is 6.20 Å². The first-order chi connectivity index (χ1) is 9.51. The molecule has 1 aromatic rings. The molecular weight excluding hydrogens is 250 g/mol. The predicted molar refractivity (Wildman–Crippen MR) is 81.4 cm³/mol. The van der Waals surface area contributed by atoms with Crippen molar-refractivity contribution in [3.8, 4) is 0 Å². The first kappa shape index (κ1) is 15.5. The van der Waals surface area contributed by atoms with Crippen molar-refractivity contribution in [2.75, 3.05) is 13.1 Å². The molecule has 1 saturated carbocycles. The SMILES string of the molecule is CC[C@@H]1CCC[C@@H](CNC[C@](C)(O)c2cnn(C)c2)C1. The van der Waals surface area contributed by atoms with Gasteiger partial charge in [-0.2, -0.15) is 5.10 Å². The maximum atomic E-state index is 10.5. The summed E-state index contributed by atoms with van der Waals surface area (Å²) in [6.45, 7) is 5.76. The number of hydrogen-bond donors (Lipinski definition) is 2. The van der Waals surface area contributed by atoms with Crippen LogP contribution in [0.4, 0.5) is 0 Å². The lowest BCUT2D eigenvalue weighted by molar-refractivity contribution is 0.0549. The second kappa shape index (κ2) is 6.72. The Morgan fingerprint density at radius 1 is 1.45 bits per heavy atom. The molecule has 3 atom stereocenters. The van der Waals surface area contributed by atoms with Crippen molar-refractivity contribution in [3.63, 3.8) is 0 Å². The van der Waals surface area contributed by atoms with Gasteiger partial charge in [0.25, 0.3) is 0 Å². The van der Waals surface area contributed by atoms with Crippen LogP contribution in [0, 0.1) is 11.8 Å². The summed E-state index contributed by atoms with van der Waals surface area (Å²) >= 11 is 0. The highest BCUT2D eigenvalue weighted by Gasteiger charge is 2.26. The van der Waals surface area contributed by atoms with Gasteiger partial charge in [-0.25, -0.2) is 0 Å². The molecule has 1 aromatic heterocycles. The summed E-state index contributed by atoms with van der Waals surface area (Å²) in [6.07, 6.45) is 10.4. The number of nitrogens with zero attached hydrogens (tertiary/aromatic N) is 2. The van der Waals surface area contributed by atoms with E-state index in [1.54, 1.807) is 10.9 Å². The van der Waals surface area contributed by atoms with Crippen molar-refractivity contribution in [1.29, 1.82) is 0 Å². The summed E-state index contributed by atoms with van der Waals surface area (Å²) in [6, 6.07) is 0. The average Bonchev–Trinajstić information content (AvgIpc) is 2.86. The monoisotopic (exact) mass is 279 g/mol. The van der Waals surface area contributed by atoms with Gasteiger partial charge in [-0.3, -0.25) is 4.68 Å². The molecule has 114 valence electrons. The van der Waals surface area contributed by atoms with Gasteiger partial charge in [0.15, 0.2) is 0 Å². The zero-order valence-electron chi connectivity index (χ0n) is 13.1. The second-order valence-corrected chi connectivity index (χ2v) is 6.61. The van der Waals surface area contributed by atoms with Gasteiger partial charge >= 0.3 is 0 Å². The van der Waals surface area contributed by atoms with Crippen molar-refractivity contribution >= 4 is 0 Å². The molecule has 0 saturated heterocycles. The molecule has 0 bridgehead atoms. The Morgan fingerprint density at radius 3 is 2.85 bits per heavy atom. The molecule has 1 fully saturated rings. The van der Waals surface area contributed by atoms with Gasteiger partial charge < -0.3 is 10.4 Å². The Balaban J connectivity index is 1.77. The van der Waals surface area contributed by atoms with E-state index in [-0.39, 0.29) is 0 Å². The van der Waals surface area contributed by atoms with Crippen LogP contribution in [-0.2, 0) is 12.6 Å². The van der Waals surface area contributed by atoms with Gasteiger partial charge in [0.1, 0.15) is 5.60 Å². The summed E-state index contributed by atoms with van der Waals surface area (Å²) in [5.74, 6) is 1.69. The van der Waals surface area contributed by atoms with Crippen molar-refractivity contribution in [2.24, 2.45) is 18.9 Å². The van der Waals surface area contributed by atoms with Gasteiger partial charge in [-0.05, 0) is 38.1 Å². The van der Waals surface area contributed by atoms with Gasteiger partial charge in [-0.15, -0.1) is 0 Å². The third kappa shape index (κ3) is 4.06. The maximum absolute atomic E-state index is 10.5. The lowest BCUT2D eigenvalue weighted by Gasteiger charge is -2.30. The summed E-state index contributed by atoms with van der Waals surface area (Å²) < 4.78 is 1.73. The van der Waals surface area contributed by atoms with Crippen LogP contribution in [-0.4, -0.2) is 28.0 Å². The standard InChI is InChI=1S/C16H29N3O/c1-4-13-6-5-7-14(8-13)9-17-12-16(2,20)15-10-18-19(3)11-15/h10-11,13-14,17,20H,4-9,12H2,1-3H3/t13-,14-,16+/m1/s1. The molecule has 0 radical (unpaired) electrons. The molecule has 0 aliphatic heterocycles. The molecule has 0 aromatic carbocycles. The minimum absolute atomic E-state index is 0.589. The lowest BCUT2D eigenvalue weighted by Crippen LogP contribution is -2.38. The maximum Gasteiger partial charge on any atom is 0.102 e. The number of rotatable bonds is 6. The second-order valence-electron chi connectivity index (χ2n) is 6.61. The van der Waals surface area contributed by atoms with Crippen LogP contribution in [0.1, 0.15) is 51.5 Å². The Labute approximate surface area is 122 Å².